The number of hydrogen-bond acceptors (Lipinski definition) is 5. The van der Waals surface area contributed by atoms with Gasteiger partial charge in [0.2, 0.25) is 0 Å². The van der Waals surface area contributed by atoms with Crippen LogP contribution < -0.4 is 10.2 Å². The van der Waals surface area contributed by atoms with E-state index >= 15 is 0 Å². The van der Waals surface area contributed by atoms with E-state index in [4.69, 9.17) is 0 Å². The predicted octanol–water partition coefficient (Wildman–Crippen LogP) is 2.72. The molecule has 0 aliphatic carbocycles. The summed E-state index contributed by atoms with van der Waals surface area (Å²) in [4.78, 5) is 13.2. The Bertz CT molecular complexity index is 712. The summed E-state index contributed by atoms with van der Waals surface area (Å²) in [5, 5.41) is 18.8. The van der Waals surface area contributed by atoms with Gasteiger partial charge < -0.3 is 10.2 Å². The summed E-state index contributed by atoms with van der Waals surface area (Å²) in [5.41, 5.74) is 2.72. The van der Waals surface area contributed by atoms with E-state index in [1.165, 1.54) is 0 Å². The van der Waals surface area contributed by atoms with Crippen LogP contribution in [-0.4, -0.2) is 33.8 Å². The van der Waals surface area contributed by atoms with E-state index in [2.05, 4.69) is 15.3 Å². The van der Waals surface area contributed by atoms with E-state index in [-0.39, 0.29) is 16.7 Å². The van der Waals surface area contributed by atoms with E-state index in [0.29, 0.717) is 5.69 Å². The first-order valence-corrected chi connectivity index (χ1v) is 7.78. The molecule has 1 unspecified atom stereocenters. The van der Waals surface area contributed by atoms with Gasteiger partial charge in [-0.3, -0.25) is 14.8 Å². The van der Waals surface area contributed by atoms with Crippen LogP contribution in [0.5, 0.6) is 0 Å². The van der Waals surface area contributed by atoms with Crippen molar-refractivity contribution < 1.29 is 4.92 Å². The van der Waals surface area contributed by atoms with Crippen LogP contribution in [0, 0.1) is 17.0 Å². The molecule has 3 rings (SSSR count). The molecule has 23 heavy (non-hydrogen) atoms. The van der Waals surface area contributed by atoms with E-state index < -0.39 is 0 Å². The second-order valence-electron chi connectivity index (χ2n) is 6.08. The maximum Gasteiger partial charge on any atom is 0.292 e. The second-order valence-corrected chi connectivity index (χ2v) is 6.08. The van der Waals surface area contributed by atoms with Crippen molar-refractivity contribution in [2.24, 2.45) is 7.05 Å². The van der Waals surface area contributed by atoms with Crippen LogP contribution >= 0.6 is 0 Å². The largest absolute Gasteiger partial charge is 0.375 e. The number of benzene rings is 1. The molecule has 0 amide bonds. The molecule has 1 aromatic heterocycles. The number of nitro benzene ring substituents is 1. The lowest BCUT2D eigenvalue weighted by atomic mass is 10.0. The van der Waals surface area contributed by atoms with Gasteiger partial charge in [0.05, 0.1) is 16.8 Å². The van der Waals surface area contributed by atoms with Gasteiger partial charge in [-0.25, -0.2) is 0 Å². The third kappa shape index (κ3) is 3.44. The van der Waals surface area contributed by atoms with Gasteiger partial charge in [0.15, 0.2) is 0 Å². The minimum Gasteiger partial charge on any atom is -0.375 e. The van der Waals surface area contributed by atoms with E-state index in [9.17, 15) is 10.1 Å². The molecule has 1 aliphatic heterocycles. The van der Waals surface area contributed by atoms with Gasteiger partial charge in [0.25, 0.3) is 5.69 Å². The maximum absolute atomic E-state index is 11.2. The highest BCUT2D eigenvalue weighted by Gasteiger charge is 2.23. The average molecular weight is 315 g/mol. The third-order valence-corrected chi connectivity index (χ3v) is 4.19. The summed E-state index contributed by atoms with van der Waals surface area (Å²) in [6.07, 6.45) is 5.90. The molecule has 1 N–H and O–H groups in total. The van der Waals surface area contributed by atoms with Crippen molar-refractivity contribution in [1.29, 1.82) is 0 Å². The van der Waals surface area contributed by atoms with Gasteiger partial charge in [-0.05, 0) is 31.4 Å². The quantitative estimate of drug-likeness (QED) is 0.693. The maximum atomic E-state index is 11.2. The number of nitro groups is 1. The summed E-state index contributed by atoms with van der Waals surface area (Å²) < 4.78 is 1.79. The number of aromatic nitrogens is 2. The third-order valence-electron chi connectivity index (χ3n) is 4.19. The summed E-state index contributed by atoms with van der Waals surface area (Å²) in [6, 6.07) is 5.50. The zero-order valence-corrected chi connectivity index (χ0v) is 13.4. The number of hydrogen-bond donors (Lipinski definition) is 1. The molecule has 7 nitrogen and oxygen atoms in total. The van der Waals surface area contributed by atoms with E-state index in [1.54, 1.807) is 16.8 Å². The lowest BCUT2D eigenvalue weighted by Crippen LogP contribution is -2.42. The Morgan fingerprint density at radius 3 is 2.96 bits per heavy atom. The summed E-state index contributed by atoms with van der Waals surface area (Å²) >= 11 is 0. The lowest BCUT2D eigenvalue weighted by Gasteiger charge is -2.34. The standard InChI is InChI=1S/C16H21N5O2/c1-12-5-6-15(16(8-12)21(22)23)18-13-4-3-7-20(10-13)14-9-17-19(2)11-14/h5-6,8-9,11,13,18H,3-4,7,10H2,1-2H3. The van der Waals surface area contributed by atoms with E-state index in [1.807, 2.05) is 32.4 Å². The lowest BCUT2D eigenvalue weighted by molar-refractivity contribution is -0.384. The first-order chi connectivity index (χ1) is 11.0. The highest BCUT2D eigenvalue weighted by Crippen LogP contribution is 2.28. The summed E-state index contributed by atoms with van der Waals surface area (Å²) in [5.74, 6) is 0. The first-order valence-electron chi connectivity index (χ1n) is 7.78. The van der Waals surface area contributed by atoms with Gasteiger partial charge in [-0.2, -0.15) is 5.10 Å². The van der Waals surface area contributed by atoms with Crippen LogP contribution in [-0.2, 0) is 7.05 Å². The van der Waals surface area contributed by atoms with Crippen LogP contribution in [0.2, 0.25) is 0 Å². The topological polar surface area (TPSA) is 76.2 Å². The SMILES string of the molecule is Cc1ccc(NC2CCCN(c3cnn(C)c3)C2)c([N+](=O)[O-])c1. The molecule has 7 heteroatoms. The molecular formula is C16H21N5O2. The number of piperidine rings is 1. The molecule has 1 aliphatic rings. The summed E-state index contributed by atoms with van der Waals surface area (Å²) in [7, 11) is 1.90. The van der Waals surface area contributed by atoms with Gasteiger partial charge in [0, 0.05) is 38.4 Å². The van der Waals surface area contributed by atoms with Crippen molar-refractivity contribution in [1.82, 2.24) is 9.78 Å². The normalized spacial score (nSPS) is 18.0. The highest BCUT2D eigenvalue weighted by atomic mass is 16.6. The number of rotatable bonds is 4. The number of anilines is 2. The highest BCUT2D eigenvalue weighted by molar-refractivity contribution is 5.63. The summed E-state index contributed by atoms with van der Waals surface area (Å²) in [6.45, 7) is 3.66. The number of nitrogens with zero attached hydrogens (tertiary/aromatic N) is 4. The van der Waals surface area contributed by atoms with Crippen LogP contribution in [0.25, 0.3) is 0 Å². The fourth-order valence-electron chi connectivity index (χ4n) is 3.04. The zero-order valence-electron chi connectivity index (χ0n) is 13.4. The Morgan fingerprint density at radius 2 is 2.26 bits per heavy atom. The second kappa shape index (κ2) is 6.28. The average Bonchev–Trinajstić information content (AvgIpc) is 2.96. The number of aryl methyl sites for hydroxylation is 2. The van der Waals surface area contributed by atoms with E-state index in [0.717, 1.165) is 37.2 Å². The van der Waals surface area contributed by atoms with Crippen molar-refractivity contribution in [2.45, 2.75) is 25.8 Å². The minimum absolute atomic E-state index is 0.142. The molecule has 2 heterocycles. The Kier molecular flexibility index (Phi) is 4.18. The first kappa shape index (κ1) is 15.3. The molecule has 122 valence electrons. The predicted molar refractivity (Wildman–Crippen MR) is 89.9 cm³/mol. The smallest absolute Gasteiger partial charge is 0.292 e. The van der Waals surface area contributed by atoms with Crippen LogP contribution in [0.4, 0.5) is 17.1 Å². The Labute approximate surface area is 135 Å². The van der Waals surface area contributed by atoms with Crippen LogP contribution in [0.1, 0.15) is 18.4 Å². The van der Waals surface area contributed by atoms with Gasteiger partial charge in [-0.15, -0.1) is 0 Å². The molecule has 2 aromatic rings. The monoisotopic (exact) mass is 315 g/mol. The van der Waals surface area contributed by atoms with Crippen LogP contribution in [0.3, 0.4) is 0 Å². The fourth-order valence-corrected chi connectivity index (χ4v) is 3.04. The molecule has 1 atom stereocenters. The number of nitrogens with one attached hydrogen (secondary N) is 1. The molecule has 0 spiro atoms. The molecule has 1 fully saturated rings. The minimum atomic E-state index is -0.322. The molecular weight excluding hydrogens is 294 g/mol. The molecule has 0 radical (unpaired) electrons. The van der Waals surface area contributed by atoms with Crippen molar-refractivity contribution in [2.75, 3.05) is 23.3 Å². The van der Waals surface area contributed by atoms with Gasteiger partial charge in [0.1, 0.15) is 5.69 Å². The van der Waals surface area contributed by atoms with Crippen molar-refractivity contribution in [3.8, 4) is 0 Å². The Balaban J connectivity index is 1.74. The Hall–Kier alpha value is -2.57. The van der Waals surface area contributed by atoms with Gasteiger partial charge in [-0.1, -0.05) is 6.07 Å². The van der Waals surface area contributed by atoms with Crippen molar-refractivity contribution in [3.05, 3.63) is 46.3 Å². The molecule has 0 saturated carbocycles. The van der Waals surface area contributed by atoms with Gasteiger partial charge >= 0.3 is 0 Å². The Morgan fingerprint density at radius 1 is 1.43 bits per heavy atom. The molecule has 1 aromatic carbocycles. The molecule has 0 bridgehead atoms. The zero-order chi connectivity index (χ0) is 16.4. The molecule has 1 saturated heterocycles. The fraction of sp³-hybridized carbons (Fsp3) is 0.438. The van der Waals surface area contributed by atoms with Crippen LogP contribution in [0.15, 0.2) is 30.6 Å². The van der Waals surface area contributed by atoms with Crippen molar-refractivity contribution in [3.63, 3.8) is 0 Å². The van der Waals surface area contributed by atoms with Crippen molar-refractivity contribution >= 4 is 17.1 Å².